The molecular formula is C43H64N4O7. The van der Waals surface area contributed by atoms with Crippen molar-refractivity contribution in [1.29, 1.82) is 0 Å². The van der Waals surface area contributed by atoms with Crippen molar-refractivity contribution in [2.75, 3.05) is 19.7 Å². The van der Waals surface area contributed by atoms with Crippen molar-refractivity contribution in [3.63, 3.8) is 0 Å². The number of ether oxygens (including phenoxy) is 3. The van der Waals surface area contributed by atoms with E-state index in [1.165, 1.54) is 30.4 Å². The number of nitrogens with one attached hydrogen (secondary N) is 2. The lowest BCUT2D eigenvalue weighted by Gasteiger charge is -2.61. The van der Waals surface area contributed by atoms with E-state index < -0.39 is 48.0 Å². The summed E-state index contributed by atoms with van der Waals surface area (Å²) in [6, 6.07) is 0. The number of hydrogen-bond donors (Lipinski definition) is 6. The number of fused-ring (bicyclic) bond motifs is 8. The van der Waals surface area contributed by atoms with Crippen LogP contribution in [0.5, 0.6) is 0 Å². The summed E-state index contributed by atoms with van der Waals surface area (Å²) in [7, 11) is 0. The van der Waals surface area contributed by atoms with Crippen LogP contribution in [0.2, 0.25) is 0 Å². The molecule has 0 aromatic rings. The first kappa shape index (κ1) is 37.6. The van der Waals surface area contributed by atoms with Gasteiger partial charge in [0.05, 0.1) is 49.3 Å². The molecule has 0 amide bonds. The molecule has 5 aliphatic heterocycles. The molecule has 9 aliphatic rings. The summed E-state index contributed by atoms with van der Waals surface area (Å²) in [6.07, 6.45) is 11.7. The predicted octanol–water partition coefficient (Wildman–Crippen LogP) is 3.38. The van der Waals surface area contributed by atoms with Gasteiger partial charge in [-0.3, -0.25) is 4.79 Å². The maximum Gasteiger partial charge on any atom is 0.333 e. The SMILES string of the molecule is CC=C(C)C(=O)O[C@H]1CC2C(O)C3C(=O)CC(CO)OC3C3CC4CCNC(N)C4C4=CC5(CCCCC5)C5=C4[C@@H](CC4CNC(N)CC4C5)[C@]1(C)OC23. The lowest BCUT2D eigenvalue weighted by molar-refractivity contribution is -0.294. The highest BCUT2D eigenvalue weighted by molar-refractivity contribution is 5.88. The first-order valence-electron chi connectivity index (χ1n) is 21.4. The first-order chi connectivity index (χ1) is 26.0. The third-order valence-electron chi connectivity index (χ3n) is 16.3. The van der Waals surface area contributed by atoms with E-state index in [4.69, 9.17) is 25.7 Å². The third kappa shape index (κ3) is 5.88. The molecule has 11 heteroatoms. The van der Waals surface area contributed by atoms with E-state index in [0.717, 1.165) is 58.0 Å². The smallest absolute Gasteiger partial charge is 0.333 e. The topological polar surface area (TPSA) is 178 Å². The average molecular weight is 749 g/mol. The van der Waals surface area contributed by atoms with Crippen molar-refractivity contribution in [3.05, 3.63) is 34.4 Å². The summed E-state index contributed by atoms with van der Waals surface area (Å²) in [6.45, 7) is 7.20. The molecule has 2 saturated carbocycles. The Morgan fingerprint density at radius 3 is 2.57 bits per heavy atom. The van der Waals surface area contributed by atoms with Gasteiger partial charge < -0.3 is 46.5 Å². The van der Waals surface area contributed by atoms with Crippen LogP contribution >= 0.6 is 0 Å². The van der Waals surface area contributed by atoms with E-state index in [0.29, 0.717) is 23.8 Å². The van der Waals surface area contributed by atoms with Gasteiger partial charge >= 0.3 is 5.97 Å². The second kappa shape index (κ2) is 14.1. The van der Waals surface area contributed by atoms with Crippen LogP contribution in [0.15, 0.2) is 34.4 Å². The molecule has 0 radical (unpaired) electrons. The summed E-state index contributed by atoms with van der Waals surface area (Å²) in [4.78, 5) is 27.8. The maximum absolute atomic E-state index is 13.9. The molecule has 11 nitrogen and oxygen atoms in total. The molecular weight excluding hydrogens is 684 g/mol. The number of allylic oxidation sites excluding steroid dienone is 3. The quantitative estimate of drug-likeness (QED) is 0.184. The van der Waals surface area contributed by atoms with Gasteiger partial charge in [-0.2, -0.15) is 0 Å². The Balaban J connectivity index is 1.26. The van der Waals surface area contributed by atoms with Crippen LogP contribution in [0.3, 0.4) is 0 Å². The largest absolute Gasteiger partial charge is 0.456 e. The van der Waals surface area contributed by atoms with Crippen molar-refractivity contribution in [2.24, 2.45) is 64.2 Å². The molecule has 7 fully saturated rings. The van der Waals surface area contributed by atoms with Gasteiger partial charge in [0.25, 0.3) is 0 Å². The van der Waals surface area contributed by atoms with Gasteiger partial charge in [0, 0.05) is 41.1 Å². The van der Waals surface area contributed by atoms with Crippen molar-refractivity contribution < 1.29 is 34.0 Å². The number of ketones is 1. The highest BCUT2D eigenvalue weighted by Crippen LogP contribution is 2.64. The van der Waals surface area contributed by atoms with Crippen LogP contribution < -0.4 is 22.1 Å². The summed E-state index contributed by atoms with van der Waals surface area (Å²) >= 11 is 0. The van der Waals surface area contributed by atoms with Gasteiger partial charge in [0.2, 0.25) is 0 Å². The first-order valence-corrected chi connectivity index (χ1v) is 21.4. The van der Waals surface area contributed by atoms with Crippen LogP contribution in [-0.4, -0.2) is 90.1 Å². The summed E-state index contributed by atoms with van der Waals surface area (Å²) in [5, 5.41) is 29.8. The summed E-state index contributed by atoms with van der Waals surface area (Å²) in [5.41, 5.74) is 17.8. The molecule has 9 rings (SSSR count). The zero-order valence-corrected chi connectivity index (χ0v) is 32.5. The molecule has 13 unspecified atom stereocenters. The normalized spacial score (nSPS) is 48.4. The van der Waals surface area contributed by atoms with Crippen LogP contribution in [0.4, 0.5) is 0 Å². The summed E-state index contributed by atoms with van der Waals surface area (Å²) < 4.78 is 21.0. The molecule has 0 aromatic heterocycles. The standard InChI is InChI=1S/C43H64N4O7/c1-4-21(2)41(51)53-32-17-26-37(50)36-31(49)16-25(20-48)52-39(36)27-12-22-8-11-46-40(45)34(22)28-18-43(9-6-5-7-10-43)30-13-23-15-33(44)47-19-24(23)14-29(35(28)30)42(32,3)54-38(26)27/h4,18,22-27,29,32-34,36-40,46-48,50H,5-17,19-20,44-45H2,1-3H3/t22?,23?,24?,25?,26?,27?,29-,32+,33?,34?,36?,37?,38?,39?,40?,42+/m1/s1. The lowest BCUT2D eigenvalue weighted by Crippen LogP contribution is -2.70. The zero-order valence-electron chi connectivity index (χ0n) is 32.5. The minimum absolute atomic E-state index is 0.0383. The molecule has 298 valence electrons. The number of carbonyl (C=O) groups excluding carboxylic acids is 2. The Morgan fingerprint density at radius 1 is 1.02 bits per heavy atom. The molecule has 4 aliphatic carbocycles. The van der Waals surface area contributed by atoms with E-state index in [1.54, 1.807) is 18.6 Å². The van der Waals surface area contributed by atoms with Crippen molar-refractivity contribution in [2.45, 2.75) is 146 Å². The highest BCUT2D eigenvalue weighted by Gasteiger charge is 2.66. The van der Waals surface area contributed by atoms with Crippen LogP contribution in [0.1, 0.15) is 97.8 Å². The molecule has 16 atom stereocenters. The minimum Gasteiger partial charge on any atom is -0.456 e. The van der Waals surface area contributed by atoms with Crippen molar-refractivity contribution in [3.8, 4) is 0 Å². The van der Waals surface area contributed by atoms with Crippen LogP contribution in [0, 0.1) is 52.8 Å². The van der Waals surface area contributed by atoms with E-state index in [2.05, 4.69) is 23.6 Å². The van der Waals surface area contributed by atoms with Gasteiger partial charge in [-0.05, 0) is 114 Å². The number of rotatable bonds is 3. The van der Waals surface area contributed by atoms with Gasteiger partial charge in [-0.1, -0.05) is 37.0 Å². The van der Waals surface area contributed by atoms with Crippen molar-refractivity contribution in [1.82, 2.24) is 10.6 Å². The Kier molecular flexibility index (Phi) is 9.85. The fourth-order valence-electron chi connectivity index (χ4n) is 13.5. The van der Waals surface area contributed by atoms with E-state index in [1.807, 2.05) is 6.92 Å². The maximum atomic E-state index is 13.9. The number of nitrogens with two attached hydrogens (primary N) is 2. The number of aliphatic hydroxyl groups is 2. The fraction of sp³-hybridized carbons (Fsp3) is 0.814. The van der Waals surface area contributed by atoms with Gasteiger partial charge in [0.1, 0.15) is 17.5 Å². The molecule has 1 spiro atoms. The van der Waals surface area contributed by atoms with E-state index in [-0.39, 0.29) is 66.2 Å². The van der Waals surface area contributed by atoms with E-state index >= 15 is 0 Å². The Hall–Kier alpha value is -1.96. The predicted molar refractivity (Wildman–Crippen MR) is 202 cm³/mol. The second-order valence-electron chi connectivity index (χ2n) is 19.0. The summed E-state index contributed by atoms with van der Waals surface area (Å²) in [5.74, 6) is -0.881. The molecule has 2 bridgehead atoms. The monoisotopic (exact) mass is 748 g/mol. The van der Waals surface area contributed by atoms with Crippen molar-refractivity contribution >= 4 is 11.8 Å². The number of carbonyl (C=O) groups is 2. The molecule has 5 saturated heterocycles. The lowest BCUT2D eigenvalue weighted by atomic mass is 9.57. The minimum atomic E-state index is -1.02. The number of aliphatic hydroxyl groups excluding tert-OH is 2. The van der Waals surface area contributed by atoms with Gasteiger partial charge in [-0.25, -0.2) is 4.79 Å². The van der Waals surface area contributed by atoms with Crippen LogP contribution in [0.25, 0.3) is 0 Å². The Bertz CT molecular complexity index is 1600. The van der Waals surface area contributed by atoms with Gasteiger partial charge in [0.15, 0.2) is 0 Å². The zero-order chi connectivity index (χ0) is 37.7. The van der Waals surface area contributed by atoms with Gasteiger partial charge in [-0.15, -0.1) is 0 Å². The molecule has 8 N–H and O–H groups in total. The number of hydrogen-bond acceptors (Lipinski definition) is 11. The third-order valence-corrected chi connectivity index (χ3v) is 16.3. The Labute approximate surface area is 320 Å². The number of Topliss-reactive ketones (excluding diaryl/α,β-unsaturated/α-hetero) is 1. The fourth-order valence-corrected chi connectivity index (χ4v) is 13.5. The second-order valence-corrected chi connectivity index (χ2v) is 19.0. The molecule has 54 heavy (non-hydrogen) atoms. The average Bonchev–Trinajstić information content (AvgIpc) is 3.31. The van der Waals surface area contributed by atoms with E-state index in [9.17, 15) is 19.8 Å². The number of piperidine rings is 2. The Morgan fingerprint density at radius 2 is 1.81 bits per heavy atom. The molecule has 5 heterocycles. The number of esters is 1. The van der Waals surface area contributed by atoms with Crippen LogP contribution in [-0.2, 0) is 23.8 Å². The molecule has 0 aromatic carbocycles. The highest BCUT2D eigenvalue weighted by atomic mass is 16.6.